The SMILES string of the molecule is CCOC(C1CC1)C(Cc1ccc(F)c(Br)c1)NN. The number of halogens is 2. The van der Waals surface area contributed by atoms with E-state index in [2.05, 4.69) is 21.4 Å². The fourth-order valence-electron chi connectivity index (χ4n) is 2.39. The maximum absolute atomic E-state index is 13.2. The third kappa shape index (κ3) is 3.99. The number of hydrogen-bond acceptors (Lipinski definition) is 3. The molecular formula is C14H20BrFN2O. The summed E-state index contributed by atoms with van der Waals surface area (Å²) in [5.74, 6) is 6.03. The van der Waals surface area contributed by atoms with Gasteiger partial charge < -0.3 is 4.74 Å². The predicted molar refractivity (Wildman–Crippen MR) is 77.1 cm³/mol. The third-order valence-corrected chi connectivity index (χ3v) is 4.10. The van der Waals surface area contributed by atoms with Crippen molar-refractivity contribution in [2.24, 2.45) is 11.8 Å². The number of nitrogens with two attached hydrogens (primary N) is 1. The molecule has 1 aliphatic rings. The van der Waals surface area contributed by atoms with Crippen LogP contribution >= 0.6 is 15.9 Å². The van der Waals surface area contributed by atoms with Crippen LogP contribution in [0.25, 0.3) is 0 Å². The van der Waals surface area contributed by atoms with E-state index >= 15 is 0 Å². The molecule has 3 N–H and O–H groups in total. The normalized spacial score (nSPS) is 18.3. The van der Waals surface area contributed by atoms with Crippen molar-refractivity contribution in [3.63, 3.8) is 0 Å². The topological polar surface area (TPSA) is 47.3 Å². The first-order valence-electron chi connectivity index (χ1n) is 6.67. The van der Waals surface area contributed by atoms with Crippen molar-refractivity contribution in [2.75, 3.05) is 6.61 Å². The fourth-order valence-corrected chi connectivity index (χ4v) is 2.81. The minimum Gasteiger partial charge on any atom is -0.377 e. The quantitative estimate of drug-likeness (QED) is 0.597. The highest BCUT2D eigenvalue weighted by Crippen LogP contribution is 2.36. The largest absolute Gasteiger partial charge is 0.377 e. The molecule has 0 amide bonds. The summed E-state index contributed by atoms with van der Waals surface area (Å²) in [6.07, 6.45) is 3.28. The van der Waals surface area contributed by atoms with Crippen LogP contribution in [0.1, 0.15) is 25.3 Å². The highest BCUT2D eigenvalue weighted by molar-refractivity contribution is 9.10. The van der Waals surface area contributed by atoms with E-state index in [-0.39, 0.29) is 18.0 Å². The Morgan fingerprint density at radius 3 is 2.79 bits per heavy atom. The minimum atomic E-state index is -0.246. The van der Waals surface area contributed by atoms with E-state index in [9.17, 15) is 4.39 Å². The Morgan fingerprint density at radius 2 is 2.26 bits per heavy atom. The van der Waals surface area contributed by atoms with E-state index in [1.54, 1.807) is 12.1 Å². The van der Waals surface area contributed by atoms with Crippen molar-refractivity contribution in [3.8, 4) is 0 Å². The Labute approximate surface area is 121 Å². The molecule has 0 radical (unpaired) electrons. The minimum absolute atomic E-state index is 0.0600. The Hall–Kier alpha value is -0.490. The molecule has 0 bridgehead atoms. The molecule has 0 aliphatic heterocycles. The zero-order chi connectivity index (χ0) is 13.8. The number of nitrogens with one attached hydrogen (secondary N) is 1. The highest BCUT2D eigenvalue weighted by atomic mass is 79.9. The summed E-state index contributed by atoms with van der Waals surface area (Å²) >= 11 is 3.21. The van der Waals surface area contributed by atoms with Crippen LogP contribution in [0.5, 0.6) is 0 Å². The van der Waals surface area contributed by atoms with Gasteiger partial charge in [0.2, 0.25) is 0 Å². The van der Waals surface area contributed by atoms with Crippen LogP contribution in [-0.4, -0.2) is 18.8 Å². The van der Waals surface area contributed by atoms with Crippen molar-refractivity contribution in [2.45, 2.75) is 38.3 Å². The van der Waals surface area contributed by atoms with Gasteiger partial charge in [0, 0.05) is 6.61 Å². The van der Waals surface area contributed by atoms with Crippen LogP contribution in [0.4, 0.5) is 4.39 Å². The van der Waals surface area contributed by atoms with Gasteiger partial charge in [-0.3, -0.25) is 11.3 Å². The lowest BCUT2D eigenvalue weighted by atomic mass is 9.98. The maximum atomic E-state index is 13.2. The summed E-state index contributed by atoms with van der Waals surface area (Å²) in [7, 11) is 0. The van der Waals surface area contributed by atoms with Crippen molar-refractivity contribution in [1.82, 2.24) is 5.43 Å². The van der Waals surface area contributed by atoms with Gasteiger partial charge in [0.1, 0.15) is 5.82 Å². The zero-order valence-corrected chi connectivity index (χ0v) is 12.6. The molecule has 2 unspecified atom stereocenters. The Kier molecular flexibility index (Phi) is 5.33. The molecule has 1 aromatic rings. The summed E-state index contributed by atoms with van der Waals surface area (Å²) in [6.45, 7) is 2.68. The smallest absolute Gasteiger partial charge is 0.137 e. The molecule has 5 heteroatoms. The molecule has 0 aromatic heterocycles. The lowest BCUT2D eigenvalue weighted by molar-refractivity contribution is 0.0192. The van der Waals surface area contributed by atoms with Gasteiger partial charge in [-0.2, -0.15) is 0 Å². The van der Waals surface area contributed by atoms with Crippen molar-refractivity contribution < 1.29 is 9.13 Å². The second kappa shape index (κ2) is 6.79. The van der Waals surface area contributed by atoms with E-state index in [1.165, 1.54) is 18.9 Å². The van der Waals surface area contributed by atoms with Crippen molar-refractivity contribution >= 4 is 15.9 Å². The van der Waals surface area contributed by atoms with Crippen LogP contribution in [-0.2, 0) is 11.2 Å². The number of rotatable bonds is 7. The average Bonchev–Trinajstić information content (AvgIpc) is 3.22. The van der Waals surface area contributed by atoms with E-state index in [1.807, 2.05) is 6.92 Å². The molecule has 2 rings (SSSR count). The summed E-state index contributed by atoms with van der Waals surface area (Å²) in [5, 5.41) is 0. The average molecular weight is 331 g/mol. The standard InChI is InChI=1S/C14H20BrFN2O/c1-2-19-14(10-4-5-10)13(18-17)8-9-3-6-12(16)11(15)7-9/h3,6-7,10,13-14,18H,2,4-5,8,17H2,1H3. The second-order valence-electron chi connectivity index (χ2n) is 4.98. The van der Waals surface area contributed by atoms with Gasteiger partial charge in [-0.15, -0.1) is 0 Å². The first kappa shape index (κ1) is 14.9. The van der Waals surface area contributed by atoms with Gasteiger partial charge in [-0.1, -0.05) is 6.07 Å². The Balaban J connectivity index is 2.06. The molecule has 1 aromatic carbocycles. The first-order chi connectivity index (χ1) is 9.15. The van der Waals surface area contributed by atoms with Gasteiger partial charge >= 0.3 is 0 Å². The maximum Gasteiger partial charge on any atom is 0.137 e. The first-order valence-corrected chi connectivity index (χ1v) is 7.46. The molecular weight excluding hydrogens is 311 g/mol. The molecule has 19 heavy (non-hydrogen) atoms. The lowest BCUT2D eigenvalue weighted by Gasteiger charge is -2.26. The summed E-state index contributed by atoms with van der Waals surface area (Å²) in [6, 6.07) is 5.13. The van der Waals surface area contributed by atoms with Gasteiger partial charge in [0.15, 0.2) is 0 Å². The molecule has 0 heterocycles. The molecule has 1 fully saturated rings. The number of ether oxygens (including phenoxy) is 1. The Morgan fingerprint density at radius 1 is 1.53 bits per heavy atom. The highest BCUT2D eigenvalue weighted by Gasteiger charge is 2.36. The van der Waals surface area contributed by atoms with Crippen LogP contribution in [0, 0.1) is 11.7 Å². The predicted octanol–water partition coefficient (Wildman–Crippen LogP) is 2.78. The molecule has 1 saturated carbocycles. The van der Waals surface area contributed by atoms with E-state index in [0.29, 0.717) is 17.0 Å². The summed E-state index contributed by atoms with van der Waals surface area (Å²) < 4.78 is 19.5. The zero-order valence-electron chi connectivity index (χ0n) is 11.0. The Bertz CT molecular complexity index is 426. The summed E-state index contributed by atoms with van der Waals surface area (Å²) in [5.41, 5.74) is 3.90. The number of hydrazine groups is 1. The van der Waals surface area contributed by atoms with Crippen LogP contribution in [0.15, 0.2) is 22.7 Å². The van der Waals surface area contributed by atoms with Crippen molar-refractivity contribution in [1.29, 1.82) is 0 Å². The molecule has 3 nitrogen and oxygen atoms in total. The van der Waals surface area contributed by atoms with Crippen LogP contribution in [0.2, 0.25) is 0 Å². The monoisotopic (exact) mass is 330 g/mol. The van der Waals surface area contributed by atoms with E-state index in [4.69, 9.17) is 10.6 Å². The van der Waals surface area contributed by atoms with Gasteiger partial charge in [-0.25, -0.2) is 4.39 Å². The van der Waals surface area contributed by atoms with Crippen LogP contribution in [0.3, 0.4) is 0 Å². The third-order valence-electron chi connectivity index (χ3n) is 3.50. The molecule has 106 valence electrons. The van der Waals surface area contributed by atoms with E-state index < -0.39 is 0 Å². The van der Waals surface area contributed by atoms with Crippen molar-refractivity contribution in [3.05, 3.63) is 34.1 Å². The number of benzene rings is 1. The fraction of sp³-hybridized carbons (Fsp3) is 0.571. The van der Waals surface area contributed by atoms with Gasteiger partial charge in [-0.05, 0) is 65.7 Å². The lowest BCUT2D eigenvalue weighted by Crippen LogP contribution is -2.47. The van der Waals surface area contributed by atoms with Gasteiger partial charge in [0.25, 0.3) is 0 Å². The number of hydrogen-bond donors (Lipinski definition) is 2. The molecule has 0 spiro atoms. The van der Waals surface area contributed by atoms with Gasteiger partial charge in [0.05, 0.1) is 16.6 Å². The van der Waals surface area contributed by atoms with E-state index in [0.717, 1.165) is 12.0 Å². The molecule has 1 aliphatic carbocycles. The molecule has 2 atom stereocenters. The second-order valence-corrected chi connectivity index (χ2v) is 5.84. The van der Waals surface area contributed by atoms with Crippen LogP contribution < -0.4 is 11.3 Å². The molecule has 0 saturated heterocycles. The summed E-state index contributed by atoms with van der Waals surface area (Å²) in [4.78, 5) is 0.